The van der Waals surface area contributed by atoms with E-state index in [1.54, 1.807) is 0 Å². The van der Waals surface area contributed by atoms with E-state index in [0.29, 0.717) is 32.7 Å². The maximum absolute atomic E-state index is 12.3. The van der Waals surface area contributed by atoms with Gasteiger partial charge >= 0.3 is 0 Å². The van der Waals surface area contributed by atoms with Crippen LogP contribution in [0.25, 0.3) is 11.3 Å². The number of hydrogen-bond acceptors (Lipinski definition) is 3. The van der Waals surface area contributed by atoms with Crippen molar-refractivity contribution in [1.82, 2.24) is 4.90 Å². The van der Waals surface area contributed by atoms with Crippen LogP contribution in [0.3, 0.4) is 0 Å². The Morgan fingerprint density at radius 1 is 1.19 bits per heavy atom. The number of ether oxygens (including phenoxy) is 1. The first kappa shape index (κ1) is 13.9. The molecule has 21 heavy (non-hydrogen) atoms. The van der Waals surface area contributed by atoms with Gasteiger partial charge in [-0.2, -0.15) is 0 Å². The van der Waals surface area contributed by atoms with Crippen LogP contribution in [0.4, 0.5) is 0 Å². The van der Waals surface area contributed by atoms with Gasteiger partial charge in [-0.05, 0) is 18.6 Å². The van der Waals surface area contributed by atoms with E-state index in [1.165, 1.54) is 0 Å². The first-order valence-electron chi connectivity index (χ1n) is 7.24. The third-order valence-corrected chi connectivity index (χ3v) is 3.75. The minimum Gasteiger partial charge on any atom is -0.460 e. The van der Waals surface area contributed by atoms with Crippen LogP contribution in [0.15, 0.2) is 40.8 Å². The molecule has 2 aromatic rings. The number of carbonyl (C=O) groups excluding carboxylic acids is 1. The quantitative estimate of drug-likeness (QED) is 0.870. The minimum atomic E-state index is 0.107. The lowest BCUT2D eigenvalue weighted by Crippen LogP contribution is -2.41. The standard InChI is InChI=1S/C17H19NO3/c1-13-11-16(14-5-3-2-4-6-14)21-15(13)12-17(19)18-7-9-20-10-8-18/h2-6,11H,7-10,12H2,1H3. The number of morpholine rings is 1. The Morgan fingerprint density at radius 2 is 1.90 bits per heavy atom. The topological polar surface area (TPSA) is 42.7 Å². The van der Waals surface area contributed by atoms with E-state index in [0.717, 1.165) is 22.6 Å². The van der Waals surface area contributed by atoms with E-state index in [4.69, 9.17) is 9.15 Å². The van der Waals surface area contributed by atoms with Crippen molar-refractivity contribution in [2.75, 3.05) is 26.3 Å². The molecule has 1 amide bonds. The number of hydrogen-bond donors (Lipinski definition) is 0. The Morgan fingerprint density at radius 3 is 2.62 bits per heavy atom. The fraction of sp³-hybridized carbons (Fsp3) is 0.353. The predicted molar refractivity (Wildman–Crippen MR) is 80.0 cm³/mol. The second-order valence-electron chi connectivity index (χ2n) is 5.25. The van der Waals surface area contributed by atoms with E-state index >= 15 is 0 Å². The Labute approximate surface area is 124 Å². The number of rotatable bonds is 3. The molecule has 0 N–H and O–H groups in total. The molecule has 1 fully saturated rings. The lowest BCUT2D eigenvalue weighted by Gasteiger charge is -2.26. The molecule has 1 aliphatic rings. The molecule has 1 aromatic heterocycles. The summed E-state index contributed by atoms with van der Waals surface area (Å²) in [4.78, 5) is 14.1. The lowest BCUT2D eigenvalue weighted by molar-refractivity contribution is -0.134. The number of aryl methyl sites for hydroxylation is 1. The molecule has 110 valence electrons. The minimum absolute atomic E-state index is 0.107. The molecular formula is C17H19NO3. The molecule has 0 radical (unpaired) electrons. The van der Waals surface area contributed by atoms with Crippen LogP contribution < -0.4 is 0 Å². The molecule has 4 nitrogen and oxygen atoms in total. The first-order valence-corrected chi connectivity index (χ1v) is 7.24. The third kappa shape index (κ3) is 3.16. The van der Waals surface area contributed by atoms with Crippen LogP contribution in [0.1, 0.15) is 11.3 Å². The highest BCUT2D eigenvalue weighted by Gasteiger charge is 2.20. The largest absolute Gasteiger partial charge is 0.460 e. The highest BCUT2D eigenvalue weighted by molar-refractivity contribution is 5.79. The summed E-state index contributed by atoms with van der Waals surface area (Å²) in [6.07, 6.45) is 0.318. The van der Waals surface area contributed by atoms with Gasteiger partial charge in [0.2, 0.25) is 5.91 Å². The van der Waals surface area contributed by atoms with Gasteiger partial charge in [0.05, 0.1) is 19.6 Å². The summed E-state index contributed by atoms with van der Waals surface area (Å²) >= 11 is 0. The zero-order valence-corrected chi connectivity index (χ0v) is 12.2. The fourth-order valence-electron chi connectivity index (χ4n) is 2.50. The van der Waals surface area contributed by atoms with Gasteiger partial charge in [0.15, 0.2) is 0 Å². The van der Waals surface area contributed by atoms with E-state index in [9.17, 15) is 4.79 Å². The number of nitrogens with zero attached hydrogens (tertiary/aromatic N) is 1. The molecule has 1 aromatic carbocycles. The fourth-order valence-corrected chi connectivity index (χ4v) is 2.50. The maximum atomic E-state index is 12.3. The summed E-state index contributed by atoms with van der Waals surface area (Å²) in [5.41, 5.74) is 2.06. The zero-order valence-electron chi connectivity index (χ0n) is 12.2. The van der Waals surface area contributed by atoms with Crippen molar-refractivity contribution in [3.05, 3.63) is 47.7 Å². The van der Waals surface area contributed by atoms with Crippen LogP contribution in [-0.2, 0) is 16.0 Å². The molecule has 3 rings (SSSR count). The summed E-state index contributed by atoms with van der Waals surface area (Å²) in [6, 6.07) is 11.9. The van der Waals surface area contributed by atoms with Crippen LogP contribution in [-0.4, -0.2) is 37.1 Å². The molecular weight excluding hydrogens is 266 g/mol. The van der Waals surface area contributed by atoms with Gasteiger partial charge in [-0.25, -0.2) is 0 Å². The molecule has 4 heteroatoms. The first-order chi connectivity index (χ1) is 10.2. The third-order valence-electron chi connectivity index (χ3n) is 3.75. The summed E-state index contributed by atoms with van der Waals surface area (Å²) in [5, 5.41) is 0. The van der Waals surface area contributed by atoms with Crippen molar-refractivity contribution in [3.63, 3.8) is 0 Å². The van der Waals surface area contributed by atoms with E-state index in [2.05, 4.69) is 0 Å². The smallest absolute Gasteiger partial charge is 0.230 e. The molecule has 2 heterocycles. The van der Waals surface area contributed by atoms with E-state index in [1.807, 2.05) is 48.2 Å². The van der Waals surface area contributed by atoms with Crippen molar-refractivity contribution in [2.45, 2.75) is 13.3 Å². The van der Waals surface area contributed by atoms with Gasteiger partial charge in [0.25, 0.3) is 0 Å². The van der Waals surface area contributed by atoms with E-state index < -0.39 is 0 Å². The number of furan rings is 1. The summed E-state index contributed by atoms with van der Waals surface area (Å²) < 4.78 is 11.2. The predicted octanol–water partition coefficient (Wildman–Crippen LogP) is 2.66. The van der Waals surface area contributed by atoms with Crippen molar-refractivity contribution < 1.29 is 13.9 Å². The molecule has 0 aliphatic carbocycles. The van der Waals surface area contributed by atoms with Gasteiger partial charge < -0.3 is 14.1 Å². The van der Waals surface area contributed by atoms with Crippen molar-refractivity contribution in [1.29, 1.82) is 0 Å². The SMILES string of the molecule is Cc1cc(-c2ccccc2)oc1CC(=O)N1CCOCC1. The number of amides is 1. The summed E-state index contributed by atoms with van der Waals surface area (Å²) in [5.74, 6) is 1.68. The van der Waals surface area contributed by atoms with Gasteiger partial charge in [-0.1, -0.05) is 30.3 Å². The highest BCUT2D eigenvalue weighted by Crippen LogP contribution is 2.25. The molecule has 0 saturated carbocycles. The van der Waals surface area contributed by atoms with E-state index in [-0.39, 0.29) is 5.91 Å². The molecule has 0 spiro atoms. The maximum Gasteiger partial charge on any atom is 0.230 e. The Balaban J connectivity index is 1.74. The lowest BCUT2D eigenvalue weighted by atomic mass is 10.1. The molecule has 1 aliphatic heterocycles. The average Bonchev–Trinajstić information content (AvgIpc) is 2.90. The van der Waals surface area contributed by atoms with Crippen LogP contribution in [0, 0.1) is 6.92 Å². The molecule has 0 atom stereocenters. The van der Waals surface area contributed by atoms with Crippen molar-refractivity contribution in [2.24, 2.45) is 0 Å². The molecule has 1 saturated heterocycles. The van der Waals surface area contributed by atoms with Crippen molar-refractivity contribution in [3.8, 4) is 11.3 Å². The number of carbonyl (C=O) groups is 1. The second kappa shape index (κ2) is 6.14. The number of benzene rings is 1. The Kier molecular flexibility index (Phi) is 4.06. The second-order valence-corrected chi connectivity index (χ2v) is 5.25. The zero-order chi connectivity index (χ0) is 14.7. The van der Waals surface area contributed by atoms with Crippen LogP contribution in [0.5, 0.6) is 0 Å². The van der Waals surface area contributed by atoms with Crippen LogP contribution >= 0.6 is 0 Å². The molecule has 0 unspecified atom stereocenters. The Bertz CT molecular complexity index is 612. The molecule has 0 bridgehead atoms. The summed E-state index contributed by atoms with van der Waals surface area (Å²) in [6.45, 7) is 4.57. The van der Waals surface area contributed by atoms with Gasteiger partial charge in [0.1, 0.15) is 11.5 Å². The summed E-state index contributed by atoms with van der Waals surface area (Å²) in [7, 11) is 0. The van der Waals surface area contributed by atoms with Gasteiger partial charge in [-0.15, -0.1) is 0 Å². The highest BCUT2D eigenvalue weighted by atomic mass is 16.5. The Hall–Kier alpha value is -2.07. The van der Waals surface area contributed by atoms with Gasteiger partial charge in [-0.3, -0.25) is 4.79 Å². The van der Waals surface area contributed by atoms with Crippen LogP contribution in [0.2, 0.25) is 0 Å². The van der Waals surface area contributed by atoms with Crippen molar-refractivity contribution >= 4 is 5.91 Å². The monoisotopic (exact) mass is 285 g/mol. The average molecular weight is 285 g/mol. The normalized spacial score (nSPS) is 15.2. The van der Waals surface area contributed by atoms with Gasteiger partial charge in [0, 0.05) is 18.7 Å².